The second-order valence-corrected chi connectivity index (χ2v) is 7.46. The zero-order valence-corrected chi connectivity index (χ0v) is 17.7. The summed E-state index contributed by atoms with van der Waals surface area (Å²) >= 11 is 0. The molecule has 0 unspecified atom stereocenters. The molecule has 1 N–H and O–H groups in total. The van der Waals surface area contributed by atoms with Crippen LogP contribution in [-0.2, 0) is 4.74 Å². The Hall–Kier alpha value is -2.66. The van der Waals surface area contributed by atoms with Crippen molar-refractivity contribution in [3.63, 3.8) is 0 Å². The van der Waals surface area contributed by atoms with Gasteiger partial charge in [0.05, 0.1) is 24.6 Å². The summed E-state index contributed by atoms with van der Waals surface area (Å²) < 4.78 is 5.63. The maximum Gasteiger partial charge on any atom is 0.111 e. The van der Waals surface area contributed by atoms with E-state index < -0.39 is 0 Å². The Morgan fingerprint density at radius 3 is 2.79 bits per heavy atom. The van der Waals surface area contributed by atoms with Crippen LogP contribution in [0.4, 0.5) is 0 Å². The topological polar surface area (TPSA) is 50.3 Å². The molecule has 5 heteroatoms. The maximum absolute atomic E-state index is 5.63. The van der Waals surface area contributed by atoms with Gasteiger partial charge in [-0.05, 0) is 56.4 Å². The second-order valence-electron chi connectivity index (χ2n) is 7.46. The number of allylic oxidation sites excluding steroid dienone is 6. The number of hydrogen-bond acceptors (Lipinski definition) is 5. The fourth-order valence-electron chi connectivity index (χ4n) is 3.48. The second kappa shape index (κ2) is 10.8. The Morgan fingerprint density at radius 1 is 1.17 bits per heavy atom. The lowest BCUT2D eigenvalue weighted by atomic mass is 10.0. The van der Waals surface area contributed by atoms with Crippen molar-refractivity contribution in [2.24, 2.45) is 0 Å². The lowest BCUT2D eigenvalue weighted by Gasteiger charge is -2.20. The van der Waals surface area contributed by atoms with E-state index in [1.54, 1.807) is 12.4 Å². The molecule has 0 spiro atoms. The van der Waals surface area contributed by atoms with Gasteiger partial charge in [-0.15, -0.1) is 0 Å². The molecular weight excluding hydrogens is 360 g/mol. The van der Waals surface area contributed by atoms with Crippen LogP contribution in [0.5, 0.6) is 0 Å². The Morgan fingerprint density at radius 2 is 1.97 bits per heavy atom. The summed E-state index contributed by atoms with van der Waals surface area (Å²) in [5, 5.41) is 3.37. The Balaban J connectivity index is 1.89. The molecule has 3 rings (SSSR count). The molecule has 2 aliphatic rings. The zero-order valence-electron chi connectivity index (χ0n) is 17.7. The molecule has 1 saturated heterocycles. The number of hydrogen-bond donors (Lipinski definition) is 1. The molecule has 1 aromatic heterocycles. The lowest BCUT2D eigenvalue weighted by Crippen LogP contribution is -2.18. The number of nitrogens with one attached hydrogen (secondary N) is 1. The Bertz CT molecular complexity index is 829. The third-order valence-corrected chi connectivity index (χ3v) is 5.19. The predicted molar refractivity (Wildman–Crippen MR) is 120 cm³/mol. The van der Waals surface area contributed by atoms with Gasteiger partial charge in [-0.2, -0.15) is 0 Å². The van der Waals surface area contributed by atoms with E-state index in [9.17, 15) is 0 Å². The standard InChI is InChI=1S/C24H32N4O/c1-19(22-8-4-7-16-29-17-13-25-20(2)9-10-22)18-23-24(27-12-11-26-23)21(3)28-14-5-6-15-28/h4,8-12,18,25H,3,5-7,13-17H2,1-2H3/b8-4-,19-18+,20-9+,22-10+. The smallest absolute Gasteiger partial charge is 0.111 e. The highest BCUT2D eigenvalue weighted by molar-refractivity contribution is 5.70. The van der Waals surface area contributed by atoms with Crippen LogP contribution in [0.2, 0.25) is 0 Å². The van der Waals surface area contributed by atoms with Crippen molar-refractivity contribution in [2.75, 3.05) is 32.8 Å². The molecule has 3 heterocycles. The number of ether oxygens (including phenoxy) is 1. The Labute approximate surface area is 174 Å². The van der Waals surface area contributed by atoms with Gasteiger partial charge in [0.25, 0.3) is 0 Å². The van der Waals surface area contributed by atoms with Crippen molar-refractivity contribution >= 4 is 11.8 Å². The molecular formula is C24H32N4O. The summed E-state index contributed by atoms with van der Waals surface area (Å²) in [6, 6.07) is 0. The number of nitrogens with zero attached hydrogens (tertiary/aromatic N) is 3. The van der Waals surface area contributed by atoms with Crippen LogP contribution in [0.1, 0.15) is 44.5 Å². The summed E-state index contributed by atoms with van der Waals surface area (Å²) in [5.74, 6) is 0. The number of rotatable bonds is 4. The molecule has 2 aliphatic heterocycles. The van der Waals surface area contributed by atoms with Crippen LogP contribution in [0.15, 0.2) is 60.1 Å². The summed E-state index contributed by atoms with van der Waals surface area (Å²) in [5.41, 5.74) is 6.11. The van der Waals surface area contributed by atoms with Gasteiger partial charge in [-0.3, -0.25) is 9.97 Å². The normalized spacial score (nSPS) is 23.7. The number of aromatic nitrogens is 2. The number of likely N-dealkylation sites (tertiary alicyclic amines) is 1. The molecule has 5 nitrogen and oxygen atoms in total. The average molecular weight is 393 g/mol. The summed E-state index contributed by atoms with van der Waals surface area (Å²) in [6.07, 6.45) is 17.5. The van der Waals surface area contributed by atoms with Gasteiger partial charge >= 0.3 is 0 Å². The van der Waals surface area contributed by atoms with Crippen LogP contribution in [0.25, 0.3) is 11.8 Å². The van der Waals surface area contributed by atoms with Gasteiger partial charge in [0, 0.05) is 37.7 Å². The molecule has 0 aromatic carbocycles. The predicted octanol–water partition coefficient (Wildman–Crippen LogP) is 4.34. The minimum absolute atomic E-state index is 0.727. The molecule has 1 fully saturated rings. The molecule has 0 bridgehead atoms. The monoisotopic (exact) mass is 392 g/mol. The first-order valence-electron chi connectivity index (χ1n) is 10.5. The third kappa shape index (κ3) is 6.16. The molecule has 1 aromatic rings. The van der Waals surface area contributed by atoms with Crippen LogP contribution in [0.3, 0.4) is 0 Å². The van der Waals surface area contributed by atoms with Crippen molar-refractivity contribution in [3.8, 4) is 0 Å². The van der Waals surface area contributed by atoms with Gasteiger partial charge in [0.15, 0.2) is 0 Å². The van der Waals surface area contributed by atoms with Crippen molar-refractivity contribution in [1.82, 2.24) is 20.2 Å². The van der Waals surface area contributed by atoms with E-state index in [0.29, 0.717) is 0 Å². The molecule has 154 valence electrons. The van der Waals surface area contributed by atoms with Crippen LogP contribution in [-0.4, -0.2) is 47.7 Å². The quantitative estimate of drug-likeness (QED) is 0.826. The van der Waals surface area contributed by atoms with E-state index in [0.717, 1.165) is 73.2 Å². The van der Waals surface area contributed by atoms with Gasteiger partial charge in [-0.25, -0.2) is 0 Å². The summed E-state index contributed by atoms with van der Waals surface area (Å²) in [7, 11) is 0. The van der Waals surface area contributed by atoms with Crippen LogP contribution in [0, 0.1) is 0 Å². The Kier molecular flexibility index (Phi) is 7.82. The van der Waals surface area contributed by atoms with Crippen LogP contribution >= 0.6 is 0 Å². The molecule has 29 heavy (non-hydrogen) atoms. The first-order valence-corrected chi connectivity index (χ1v) is 10.5. The molecule has 0 saturated carbocycles. The van der Waals surface area contributed by atoms with E-state index in [1.807, 2.05) is 0 Å². The van der Waals surface area contributed by atoms with Crippen molar-refractivity contribution in [2.45, 2.75) is 33.1 Å². The summed E-state index contributed by atoms with van der Waals surface area (Å²) in [6.45, 7) is 12.9. The van der Waals surface area contributed by atoms with Crippen molar-refractivity contribution in [3.05, 3.63) is 71.5 Å². The minimum Gasteiger partial charge on any atom is -0.386 e. The van der Waals surface area contributed by atoms with Crippen LogP contribution < -0.4 is 5.32 Å². The largest absolute Gasteiger partial charge is 0.386 e. The molecule has 0 radical (unpaired) electrons. The first-order chi connectivity index (χ1) is 14.1. The SMILES string of the molecule is C=C(c1nccnc1/C=C(C)/C1=C/C=C(\C)NCCOCC/C=C\1)N1CCCC1. The zero-order chi connectivity index (χ0) is 20.5. The van der Waals surface area contributed by atoms with Gasteiger partial charge in [0.1, 0.15) is 5.69 Å². The van der Waals surface area contributed by atoms with E-state index >= 15 is 0 Å². The van der Waals surface area contributed by atoms with Gasteiger partial charge < -0.3 is 15.0 Å². The highest BCUT2D eigenvalue weighted by Gasteiger charge is 2.18. The average Bonchev–Trinajstić information content (AvgIpc) is 3.25. The van der Waals surface area contributed by atoms with E-state index in [-0.39, 0.29) is 0 Å². The summed E-state index contributed by atoms with van der Waals surface area (Å²) in [4.78, 5) is 11.5. The lowest BCUT2D eigenvalue weighted by molar-refractivity contribution is 0.142. The molecule has 0 aliphatic carbocycles. The van der Waals surface area contributed by atoms with Crippen molar-refractivity contribution in [1.29, 1.82) is 0 Å². The van der Waals surface area contributed by atoms with Gasteiger partial charge in [0.2, 0.25) is 0 Å². The molecule has 0 amide bonds. The fraction of sp³-hybridized carbons (Fsp3) is 0.417. The van der Waals surface area contributed by atoms with E-state index in [2.05, 4.69) is 71.0 Å². The minimum atomic E-state index is 0.727. The van der Waals surface area contributed by atoms with E-state index in [1.165, 1.54) is 12.8 Å². The highest BCUT2D eigenvalue weighted by Crippen LogP contribution is 2.25. The first kappa shape index (κ1) is 21.1. The molecule has 0 atom stereocenters. The highest BCUT2D eigenvalue weighted by atomic mass is 16.5. The maximum atomic E-state index is 5.63. The van der Waals surface area contributed by atoms with Crippen molar-refractivity contribution < 1.29 is 4.74 Å². The fourth-order valence-corrected chi connectivity index (χ4v) is 3.48. The van der Waals surface area contributed by atoms with E-state index in [4.69, 9.17) is 4.74 Å². The van der Waals surface area contributed by atoms with Gasteiger partial charge in [-0.1, -0.05) is 24.8 Å². The third-order valence-electron chi connectivity index (χ3n) is 5.19.